The lowest BCUT2D eigenvalue weighted by Gasteiger charge is -2.35. The highest BCUT2D eigenvalue weighted by Gasteiger charge is 2.19. The summed E-state index contributed by atoms with van der Waals surface area (Å²) >= 11 is 0. The molecule has 0 spiro atoms. The van der Waals surface area contributed by atoms with Crippen LogP contribution in [0.4, 0.5) is 5.69 Å². The number of ether oxygens (including phenoxy) is 2. The van der Waals surface area contributed by atoms with Crippen LogP contribution in [-0.4, -0.2) is 26.0 Å². The minimum absolute atomic E-state index is 0.269. The first-order chi connectivity index (χ1) is 12.3. The average Bonchev–Trinajstić information content (AvgIpc) is 2.56. The molecule has 1 unspecified atom stereocenters. The molecule has 0 saturated heterocycles. The van der Waals surface area contributed by atoms with Crippen molar-refractivity contribution in [3.05, 3.63) is 47.5 Å². The van der Waals surface area contributed by atoms with Crippen LogP contribution in [0.15, 0.2) is 36.4 Å². The molecule has 4 heteroatoms. The third-order valence-electron chi connectivity index (χ3n) is 4.37. The number of methoxy groups -OCH3 is 1. The SMILES string of the molecule is COCOc1ccc(C)cc1Pc1c(C)cccc1N(C(C)C)C(C)C. The maximum atomic E-state index is 5.82. The van der Waals surface area contributed by atoms with E-state index in [4.69, 9.17) is 9.47 Å². The highest BCUT2D eigenvalue weighted by Crippen LogP contribution is 2.29. The van der Waals surface area contributed by atoms with Crippen molar-refractivity contribution in [2.24, 2.45) is 0 Å². The molecule has 0 bridgehead atoms. The Labute approximate surface area is 160 Å². The van der Waals surface area contributed by atoms with Crippen molar-refractivity contribution in [2.45, 2.75) is 53.6 Å². The molecule has 26 heavy (non-hydrogen) atoms. The summed E-state index contributed by atoms with van der Waals surface area (Å²) in [5, 5.41) is 2.62. The van der Waals surface area contributed by atoms with Gasteiger partial charge in [-0.15, -0.1) is 0 Å². The van der Waals surface area contributed by atoms with Gasteiger partial charge in [0.15, 0.2) is 6.79 Å². The minimum atomic E-state index is 0.269. The second kappa shape index (κ2) is 9.39. The van der Waals surface area contributed by atoms with E-state index in [0.29, 0.717) is 20.7 Å². The van der Waals surface area contributed by atoms with Gasteiger partial charge in [-0.1, -0.05) is 32.3 Å². The van der Waals surface area contributed by atoms with Crippen molar-refractivity contribution in [3.63, 3.8) is 0 Å². The fourth-order valence-electron chi connectivity index (χ4n) is 3.31. The predicted molar refractivity (Wildman–Crippen MR) is 115 cm³/mol. The largest absolute Gasteiger partial charge is 0.467 e. The molecule has 3 nitrogen and oxygen atoms in total. The van der Waals surface area contributed by atoms with E-state index in [1.54, 1.807) is 7.11 Å². The second-order valence-electron chi connectivity index (χ2n) is 7.24. The summed E-state index contributed by atoms with van der Waals surface area (Å²) in [5.74, 6) is 0.908. The quantitative estimate of drug-likeness (QED) is 0.501. The molecule has 2 aromatic rings. The van der Waals surface area contributed by atoms with Gasteiger partial charge in [-0.3, -0.25) is 0 Å². The highest BCUT2D eigenvalue weighted by molar-refractivity contribution is 7.56. The normalized spacial score (nSPS) is 11.7. The van der Waals surface area contributed by atoms with E-state index < -0.39 is 0 Å². The van der Waals surface area contributed by atoms with Gasteiger partial charge in [-0.25, -0.2) is 0 Å². The Kier molecular flexibility index (Phi) is 7.49. The molecule has 0 aromatic heterocycles. The average molecular weight is 373 g/mol. The van der Waals surface area contributed by atoms with Crippen molar-refractivity contribution in [1.82, 2.24) is 0 Å². The van der Waals surface area contributed by atoms with Crippen molar-refractivity contribution >= 4 is 24.9 Å². The van der Waals surface area contributed by atoms with E-state index in [9.17, 15) is 0 Å². The van der Waals surface area contributed by atoms with Crippen molar-refractivity contribution in [2.75, 3.05) is 18.8 Å². The third-order valence-corrected chi connectivity index (χ3v) is 5.93. The zero-order chi connectivity index (χ0) is 19.3. The van der Waals surface area contributed by atoms with Crippen LogP contribution >= 0.6 is 8.58 Å². The zero-order valence-electron chi connectivity index (χ0n) is 17.1. The van der Waals surface area contributed by atoms with Gasteiger partial charge in [0, 0.05) is 35.5 Å². The number of nitrogens with zero attached hydrogens (tertiary/aromatic N) is 1. The first-order valence-corrected chi connectivity index (χ1v) is 10.2. The molecular weight excluding hydrogens is 341 g/mol. The van der Waals surface area contributed by atoms with Crippen LogP contribution < -0.4 is 20.2 Å². The third kappa shape index (κ3) is 4.99. The number of benzene rings is 2. The van der Waals surface area contributed by atoms with Crippen LogP contribution in [0, 0.1) is 13.8 Å². The number of hydrogen-bond acceptors (Lipinski definition) is 3. The van der Waals surface area contributed by atoms with Crippen molar-refractivity contribution in [1.29, 1.82) is 0 Å². The van der Waals surface area contributed by atoms with E-state index in [2.05, 4.69) is 82.8 Å². The Hall–Kier alpha value is -1.57. The van der Waals surface area contributed by atoms with Crippen LogP contribution in [0.3, 0.4) is 0 Å². The van der Waals surface area contributed by atoms with Crippen molar-refractivity contribution in [3.8, 4) is 5.75 Å². The lowest BCUT2D eigenvalue weighted by atomic mass is 10.1. The van der Waals surface area contributed by atoms with E-state index in [1.165, 1.54) is 27.4 Å². The first-order valence-electron chi connectivity index (χ1n) is 9.22. The number of anilines is 1. The molecular formula is C22H32NO2P. The number of rotatable bonds is 8. The lowest BCUT2D eigenvalue weighted by Crippen LogP contribution is -2.39. The Morgan fingerprint density at radius 3 is 2.31 bits per heavy atom. The number of hydrogen-bond donors (Lipinski definition) is 0. The molecule has 2 aromatic carbocycles. The predicted octanol–water partition coefficient (Wildman–Crippen LogP) is 4.54. The number of aryl methyl sites for hydroxylation is 2. The maximum Gasteiger partial charge on any atom is 0.188 e. The molecule has 0 saturated carbocycles. The fraction of sp³-hybridized carbons (Fsp3) is 0.455. The first kappa shape index (κ1) is 20.7. The summed E-state index contributed by atoms with van der Waals surface area (Å²) < 4.78 is 10.9. The minimum Gasteiger partial charge on any atom is -0.467 e. The van der Waals surface area contributed by atoms with Crippen LogP contribution in [0.2, 0.25) is 0 Å². The highest BCUT2D eigenvalue weighted by atomic mass is 31.1. The standard InChI is InChI=1S/C22H32NO2P/c1-15(2)23(16(3)4)19-10-8-9-18(6)22(19)26-21-13-17(5)11-12-20(21)25-14-24-7/h8-13,15-16,26H,14H2,1-7H3. The van der Waals surface area contributed by atoms with E-state index in [0.717, 1.165) is 5.75 Å². The molecule has 0 radical (unpaired) electrons. The summed E-state index contributed by atoms with van der Waals surface area (Å²) in [6.45, 7) is 13.6. The molecule has 0 aliphatic rings. The van der Waals surface area contributed by atoms with Gasteiger partial charge in [-0.2, -0.15) is 0 Å². The molecule has 1 atom stereocenters. The lowest BCUT2D eigenvalue weighted by molar-refractivity contribution is 0.0519. The van der Waals surface area contributed by atoms with E-state index in [1.807, 2.05) is 0 Å². The zero-order valence-corrected chi connectivity index (χ0v) is 18.1. The Morgan fingerprint density at radius 2 is 1.69 bits per heavy atom. The molecule has 0 aliphatic heterocycles. The van der Waals surface area contributed by atoms with E-state index >= 15 is 0 Å². The second-order valence-corrected chi connectivity index (χ2v) is 8.53. The van der Waals surface area contributed by atoms with Gasteiger partial charge in [0.25, 0.3) is 0 Å². The van der Waals surface area contributed by atoms with Crippen LogP contribution in [0.5, 0.6) is 5.75 Å². The summed E-state index contributed by atoms with van der Waals surface area (Å²) in [6, 6.07) is 13.9. The monoisotopic (exact) mass is 373 g/mol. The molecule has 2 rings (SSSR count). The Bertz CT molecular complexity index is 720. The van der Waals surface area contributed by atoms with Crippen LogP contribution in [0.1, 0.15) is 38.8 Å². The molecule has 142 valence electrons. The van der Waals surface area contributed by atoms with Gasteiger partial charge < -0.3 is 14.4 Å². The Balaban J connectivity index is 2.49. The van der Waals surface area contributed by atoms with Crippen LogP contribution in [0.25, 0.3) is 0 Å². The molecule has 0 heterocycles. The molecule has 0 fully saturated rings. The van der Waals surface area contributed by atoms with Crippen LogP contribution in [-0.2, 0) is 4.74 Å². The van der Waals surface area contributed by atoms with Gasteiger partial charge in [0.2, 0.25) is 0 Å². The summed E-state index contributed by atoms with van der Waals surface area (Å²) in [5.41, 5.74) is 3.90. The van der Waals surface area contributed by atoms with Gasteiger partial charge in [-0.05, 0) is 65.3 Å². The smallest absolute Gasteiger partial charge is 0.188 e. The van der Waals surface area contributed by atoms with Gasteiger partial charge >= 0.3 is 0 Å². The maximum absolute atomic E-state index is 5.82. The summed E-state index contributed by atoms with van der Waals surface area (Å²) in [7, 11) is 2.19. The summed E-state index contributed by atoms with van der Waals surface area (Å²) in [6.07, 6.45) is 0. The topological polar surface area (TPSA) is 21.7 Å². The molecule has 0 N–H and O–H groups in total. The fourth-order valence-corrected chi connectivity index (χ4v) is 4.78. The molecule has 0 aliphatic carbocycles. The van der Waals surface area contributed by atoms with Crippen molar-refractivity contribution < 1.29 is 9.47 Å². The summed E-state index contributed by atoms with van der Waals surface area (Å²) in [4.78, 5) is 2.50. The van der Waals surface area contributed by atoms with E-state index in [-0.39, 0.29) is 6.79 Å². The Morgan fingerprint density at radius 1 is 1.00 bits per heavy atom. The molecule has 0 amide bonds. The van der Waals surface area contributed by atoms with Gasteiger partial charge in [0.1, 0.15) is 5.75 Å². The van der Waals surface area contributed by atoms with Gasteiger partial charge in [0.05, 0.1) is 0 Å².